The molecular weight excluding hydrogens is 711 g/mol. The number of unbranched alkanes of at least 4 members (excludes halogenated alkanes) is 10. The van der Waals surface area contributed by atoms with Crippen molar-refractivity contribution >= 4 is 19.8 Å². The van der Waals surface area contributed by atoms with E-state index in [1.54, 1.807) is 0 Å². The van der Waals surface area contributed by atoms with E-state index in [2.05, 4.69) is 60.1 Å². The van der Waals surface area contributed by atoms with Gasteiger partial charge in [0, 0.05) is 12.8 Å². The van der Waals surface area contributed by atoms with Gasteiger partial charge in [-0.05, 0) is 83.5 Å². The van der Waals surface area contributed by atoms with Crippen molar-refractivity contribution in [3.63, 3.8) is 0 Å². The quantitative estimate of drug-likeness (QED) is 0.0205. The van der Waals surface area contributed by atoms with Gasteiger partial charge in [0.05, 0.1) is 25.9 Å². The summed E-state index contributed by atoms with van der Waals surface area (Å²) in [6.07, 6.45) is 37.1. The van der Waals surface area contributed by atoms with Gasteiger partial charge < -0.3 is 29.7 Å². The van der Waals surface area contributed by atoms with Gasteiger partial charge in [-0.2, -0.15) is 0 Å². The highest BCUT2D eigenvalue weighted by Gasteiger charge is 2.27. The van der Waals surface area contributed by atoms with Gasteiger partial charge >= 0.3 is 19.8 Å². The summed E-state index contributed by atoms with van der Waals surface area (Å²) in [6, 6.07) is 0. The van der Waals surface area contributed by atoms with Crippen LogP contribution < -0.4 is 0 Å². The molecule has 1 unspecified atom stereocenters. The Balaban J connectivity index is 4.46. The first kappa shape index (κ1) is 51.6. The molecule has 12 heteroatoms. The summed E-state index contributed by atoms with van der Waals surface area (Å²) in [5, 5.41) is 27.8. The van der Waals surface area contributed by atoms with Crippen molar-refractivity contribution in [2.75, 3.05) is 26.4 Å². The van der Waals surface area contributed by atoms with Gasteiger partial charge in [0.25, 0.3) is 0 Å². The van der Waals surface area contributed by atoms with Gasteiger partial charge in [0.1, 0.15) is 12.7 Å². The molecule has 0 rings (SSSR count). The highest BCUT2D eigenvalue weighted by Crippen LogP contribution is 2.43. The average molecular weight is 785 g/mol. The summed E-state index contributed by atoms with van der Waals surface area (Å²) >= 11 is 0. The molecule has 0 heterocycles. The van der Waals surface area contributed by atoms with Gasteiger partial charge in [-0.3, -0.25) is 18.6 Å². The fourth-order valence-corrected chi connectivity index (χ4v) is 5.75. The van der Waals surface area contributed by atoms with Crippen molar-refractivity contribution in [1.82, 2.24) is 0 Å². The topological polar surface area (TPSA) is 169 Å². The first-order chi connectivity index (χ1) is 26.1. The normalized spacial score (nSPS) is 15.1. The third-order valence-electron chi connectivity index (χ3n) is 8.31. The Morgan fingerprint density at radius 1 is 0.593 bits per heavy atom. The molecule has 0 aromatic carbocycles. The molecule has 4 N–H and O–H groups in total. The zero-order chi connectivity index (χ0) is 40.0. The molecule has 0 aromatic rings. The van der Waals surface area contributed by atoms with Gasteiger partial charge in [-0.15, -0.1) is 0 Å². The van der Waals surface area contributed by atoms with Crippen LogP contribution in [0.15, 0.2) is 60.8 Å². The standard InChI is InChI=1S/C42H73O11P/c1-3-5-6-7-8-9-10-13-18-21-24-27-30-33-42(47)53-40(37-52-54(48,49)51-35-39(45)34-43)36-50-41(46)32-29-26-23-20-17-15-12-11-14-16-19-22-25-28-31-38(44)4-2/h9-10,12,14-16,20,22-23,25,38-40,43-45H,3-8,11,13,17-19,21,24,26-37H2,1-2H3,(H,48,49)/b10-9-,15-12-,16-14-,23-20-,25-22-/t38-,39-,40+/m0/s1. The monoisotopic (exact) mass is 784 g/mol. The molecule has 0 saturated carbocycles. The lowest BCUT2D eigenvalue weighted by Crippen LogP contribution is -2.29. The minimum absolute atomic E-state index is 0.148. The fourth-order valence-electron chi connectivity index (χ4n) is 4.96. The Morgan fingerprint density at radius 3 is 1.70 bits per heavy atom. The molecule has 0 spiro atoms. The van der Waals surface area contributed by atoms with E-state index in [1.807, 2.05) is 19.1 Å². The van der Waals surface area contributed by atoms with Crippen LogP contribution >= 0.6 is 7.82 Å². The number of ether oxygens (including phenoxy) is 2. The highest BCUT2D eigenvalue weighted by molar-refractivity contribution is 7.47. The van der Waals surface area contributed by atoms with Crippen LogP contribution in [0, 0.1) is 0 Å². The second kappa shape index (κ2) is 37.5. The highest BCUT2D eigenvalue weighted by atomic mass is 31.2. The molecule has 0 amide bonds. The largest absolute Gasteiger partial charge is 0.472 e. The third kappa shape index (κ3) is 36.6. The number of carbonyl (C=O) groups is 2. The summed E-state index contributed by atoms with van der Waals surface area (Å²) in [7, 11) is -4.64. The first-order valence-electron chi connectivity index (χ1n) is 20.3. The van der Waals surface area contributed by atoms with Crippen LogP contribution in [0.1, 0.15) is 149 Å². The van der Waals surface area contributed by atoms with Gasteiger partial charge in [-0.1, -0.05) is 113 Å². The molecule has 54 heavy (non-hydrogen) atoms. The predicted octanol–water partition coefficient (Wildman–Crippen LogP) is 9.30. The second-order valence-electron chi connectivity index (χ2n) is 13.4. The number of hydrogen-bond acceptors (Lipinski definition) is 10. The zero-order valence-corrected chi connectivity index (χ0v) is 34.2. The fraction of sp³-hybridized carbons (Fsp3) is 0.714. The lowest BCUT2D eigenvalue weighted by atomic mass is 10.1. The maximum Gasteiger partial charge on any atom is 0.472 e. The molecule has 0 radical (unpaired) electrons. The van der Waals surface area contributed by atoms with E-state index in [1.165, 1.54) is 25.7 Å². The second-order valence-corrected chi connectivity index (χ2v) is 14.9. The number of carbonyl (C=O) groups excluding carboxylic acids is 2. The van der Waals surface area contributed by atoms with Crippen LogP contribution in [0.25, 0.3) is 0 Å². The van der Waals surface area contributed by atoms with E-state index < -0.39 is 51.8 Å². The molecule has 11 nitrogen and oxygen atoms in total. The zero-order valence-electron chi connectivity index (χ0n) is 33.3. The lowest BCUT2D eigenvalue weighted by molar-refractivity contribution is -0.161. The molecule has 0 aliphatic carbocycles. The maximum absolute atomic E-state index is 12.6. The van der Waals surface area contributed by atoms with Crippen LogP contribution in [0.5, 0.6) is 0 Å². The Hall–Kier alpha value is -2.37. The van der Waals surface area contributed by atoms with E-state index in [4.69, 9.17) is 19.1 Å². The van der Waals surface area contributed by atoms with Crippen molar-refractivity contribution in [3.05, 3.63) is 60.8 Å². The third-order valence-corrected chi connectivity index (χ3v) is 9.26. The van der Waals surface area contributed by atoms with Crippen LogP contribution in [-0.4, -0.2) is 76.9 Å². The summed E-state index contributed by atoms with van der Waals surface area (Å²) in [5.41, 5.74) is 0. The number of aliphatic hydroxyl groups is 3. The van der Waals surface area contributed by atoms with Crippen molar-refractivity contribution in [2.24, 2.45) is 0 Å². The number of esters is 2. The van der Waals surface area contributed by atoms with Crippen molar-refractivity contribution in [2.45, 2.75) is 167 Å². The van der Waals surface area contributed by atoms with E-state index >= 15 is 0 Å². The van der Waals surface area contributed by atoms with Crippen molar-refractivity contribution < 1.29 is 52.9 Å². The number of phosphoric acid groups is 1. The number of allylic oxidation sites excluding steroid dienone is 10. The van der Waals surface area contributed by atoms with Crippen LogP contribution in [0.4, 0.5) is 0 Å². The number of hydrogen-bond donors (Lipinski definition) is 4. The number of phosphoric ester groups is 1. The van der Waals surface area contributed by atoms with E-state index in [-0.39, 0.29) is 25.6 Å². The lowest BCUT2D eigenvalue weighted by Gasteiger charge is -2.20. The molecule has 0 aliphatic rings. The van der Waals surface area contributed by atoms with Crippen LogP contribution in [0.3, 0.4) is 0 Å². The van der Waals surface area contributed by atoms with Crippen LogP contribution in [-0.2, 0) is 32.7 Å². The minimum atomic E-state index is -4.64. The van der Waals surface area contributed by atoms with E-state index in [9.17, 15) is 29.3 Å². The summed E-state index contributed by atoms with van der Waals surface area (Å²) in [5.74, 6) is -1.02. The van der Waals surface area contributed by atoms with Crippen LogP contribution in [0.2, 0.25) is 0 Å². The summed E-state index contributed by atoms with van der Waals surface area (Å²) in [4.78, 5) is 34.9. The SMILES string of the molecule is CCCCCC/C=C\CCCCCCCC(=O)O[C@H](COC(=O)CCC/C=C\C/C=C\C/C=C\C/C=C\CC[C@@H](O)CC)COP(=O)(O)OC[C@@H](O)CO. The van der Waals surface area contributed by atoms with Crippen molar-refractivity contribution in [3.8, 4) is 0 Å². The molecule has 0 saturated heterocycles. The van der Waals surface area contributed by atoms with Crippen molar-refractivity contribution in [1.29, 1.82) is 0 Å². The van der Waals surface area contributed by atoms with Gasteiger partial charge in [0.2, 0.25) is 0 Å². The average Bonchev–Trinajstić information content (AvgIpc) is 3.16. The molecule has 4 atom stereocenters. The molecule has 312 valence electrons. The Labute approximate surface area is 326 Å². The first-order valence-corrected chi connectivity index (χ1v) is 21.8. The smallest absolute Gasteiger partial charge is 0.462 e. The molecule has 0 aromatic heterocycles. The van der Waals surface area contributed by atoms with Gasteiger partial charge in [0.15, 0.2) is 6.10 Å². The van der Waals surface area contributed by atoms with Gasteiger partial charge in [-0.25, -0.2) is 4.57 Å². The van der Waals surface area contributed by atoms with E-state index in [0.29, 0.717) is 19.3 Å². The molecule has 0 bridgehead atoms. The minimum Gasteiger partial charge on any atom is -0.462 e. The Bertz CT molecular complexity index is 1100. The maximum atomic E-state index is 12.6. The Kier molecular flexibility index (Phi) is 35.9. The number of aliphatic hydroxyl groups excluding tert-OH is 3. The predicted molar refractivity (Wildman–Crippen MR) is 216 cm³/mol. The number of rotatable bonds is 37. The summed E-state index contributed by atoms with van der Waals surface area (Å²) in [6.45, 7) is 1.98. The molecule has 0 aliphatic heterocycles. The van der Waals surface area contributed by atoms with E-state index in [0.717, 1.165) is 77.0 Å². The molecule has 0 fully saturated rings. The Morgan fingerprint density at radius 2 is 1.09 bits per heavy atom. The summed E-state index contributed by atoms with van der Waals surface area (Å²) < 4.78 is 32.5. The molecular formula is C42H73O11P.